The number of carbonyl (C=O) groups excluding carboxylic acids is 1. The van der Waals surface area contributed by atoms with Crippen molar-refractivity contribution in [2.24, 2.45) is 5.92 Å². The second-order valence-electron chi connectivity index (χ2n) is 5.51. The second kappa shape index (κ2) is 4.12. The molecule has 0 aromatic carbocycles. The molecule has 3 heterocycles. The van der Waals surface area contributed by atoms with Gasteiger partial charge in [0.05, 0.1) is 32.7 Å². The number of hydrogen-bond donors (Lipinski definition) is 1. The van der Waals surface area contributed by atoms with E-state index in [1.54, 1.807) is 0 Å². The number of amides is 1. The summed E-state index contributed by atoms with van der Waals surface area (Å²) in [6.45, 7) is 5.83. The van der Waals surface area contributed by atoms with Crippen molar-refractivity contribution in [2.45, 2.75) is 38.6 Å². The van der Waals surface area contributed by atoms with E-state index >= 15 is 0 Å². The van der Waals surface area contributed by atoms with E-state index in [-0.39, 0.29) is 5.91 Å². The van der Waals surface area contributed by atoms with Gasteiger partial charge in [-0.15, -0.1) is 0 Å². The van der Waals surface area contributed by atoms with Crippen LogP contribution < -0.4 is 5.32 Å². The maximum atomic E-state index is 11.6. The molecule has 3 aliphatic rings. The third-order valence-corrected chi connectivity index (χ3v) is 4.11. The molecule has 1 N–H and O–H groups in total. The highest BCUT2D eigenvalue weighted by molar-refractivity contribution is 5.76. The van der Waals surface area contributed by atoms with Gasteiger partial charge >= 0.3 is 0 Å². The quantitative estimate of drug-likeness (QED) is 0.697. The van der Waals surface area contributed by atoms with Crippen molar-refractivity contribution >= 4 is 5.91 Å². The first-order valence-electron chi connectivity index (χ1n) is 6.26. The van der Waals surface area contributed by atoms with E-state index in [2.05, 4.69) is 19.3 Å². The van der Waals surface area contributed by atoms with Gasteiger partial charge in [0, 0.05) is 19.3 Å². The van der Waals surface area contributed by atoms with Crippen molar-refractivity contribution in [3.63, 3.8) is 0 Å². The fourth-order valence-corrected chi connectivity index (χ4v) is 3.09. The van der Waals surface area contributed by atoms with Crippen LogP contribution in [0.2, 0.25) is 0 Å². The number of carbonyl (C=O) groups is 1. The van der Waals surface area contributed by atoms with Gasteiger partial charge in [-0.25, -0.2) is 0 Å². The number of nitrogens with one attached hydrogen (secondary N) is 1. The highest BCUT2D eigenvalue weighted by Crippen LogP contribution is 2.32. The van der Waals surface area contributed by atoms with E-state index in [9.17, 15) is 4.79 Å². The molecule has 3 nitrogen and oxygen atoms in total. The Morgan fingerprint density at radius 3 is 2.60 bits per heavy atom. The molecule has 1 atom stereocenters. The predicted octanol–water partition coefficient (Wildman–Crippen LogP) is 1.14. The SMILES string of the molecule is CCCC(=O)NC1C[N+]2(C)CCC1CC2. The molecule has 3 fully saturated rings. The van der Waals surface area contributed by atoms with Gasteiger partial charge in [-0.05, 0) is 12.3 Å². The maximum Gasteiger partial charge on any atom is 0.220 e. The van der Waals surface area contributed by atoms with E-state index in [1.165, 1.54) is 30.4 Å². The Balaban J connectivity index is 1.91. The molecule has 0 aromatic rings. The van der Waals surface area contributed by atoms with Gasteiger partial charge in [0.2, 0.25) is 5.91 Å². The number of rotatable bonds is 3. The van der Waals surface area contributed by atoms with Crippen molar-refractivity contribution in [3.8, 4) is 0 Å². The van der Waals surface area contributed by atoms with Crippen LogP contribution in [0.1, 0.15) is 32.6 Å². The molecule has 0 spiro atoms. The Hall–Kier alpha value is -0.570. The number of hydrogen-bond acceptors (Lipinski definition) is 1. The molecule has 86 valence electrons. The van der Waals surface area contributed by atoms with Gasteiger partial charge < -0.3 is 9.80 Å². The standard InChI is InChI=1S/C12H22N2O/c1-3-4-12(15)13-11-9-14(2)7-5-10(11)6-8-14/h10-11H,3-9H2,1-2H3/p+1. The van der Waals surface area contributed by atoms with Crippen LogP contribution in [0.4, 0.5) is 0 Å². The molecule has 3 saturated heterocycles. The lowest BCUT2D eigenvalue weighted by atomic mass is 9.82. The van der Waals surface area contributed by atoms with Gasteiger partial charge in [0.1, 0.15) is 0 Å². The van der Waals surface area contributed by atoms with Gasteiger partial charge in [0.15, 0.2) is 0 Å². The molecule has 0 radical (unpaired) electrons. The molecule has 1 amide bonds. The first-order chi connectivity index (χ1) is 7.13. The first-order valence-corrected chi connectivity index (χ1v) is 6.26. The van der Waals surface area contributed by atoms with Crippen molar-refractivity contribution in [1.29, 1.82) is 0 Å². The van der Waals surface area contributed by atoms with E-state index < -0.39 is 0 Å². The number of nitrogens with zero attached hydrogens (tertiary/aromatic N) is 1. The van der Waals surface area contributed by atoms with Gasteiger partial charge in [-0.2, -0.15) is 0 Å². The molecule has 0 aromatic heterocycles. The van der Waals surface area contributed by atoms with E-state index in [1.807, 2.05) is 0 Å². The first kappa shape index (κ1) is 10.9. The summed E-state index contributed by atoms with van der Waals surface area (Å²) in [6.07, 6.45) is 4.24. The molecule has 15 heavy (non-hydrogen) atoms. The van der Waals surface area contributed by atoms with E-state index in [0.29, 0.717) is 12.5 Å². The Morgan fingerprint density at radius 1 is 1.40 bits per heavy atom. The van der Waals surface area contributed by atoms with Crippen LogP contribution in [0.25, 0.3) is 0 Å². The summed E-state index contributed by atoms with van der Waals surface area (Å²) in [5.74, 6) is 1.01. The number of piperidine rings is 3. The van der Waals surface area contributed by atoms with Crippen LogP contribution in [0.3, 0.4) is 0 Å². The van der Waals surface area contributed by atoms with Crippen LogP contribution in [-0.2, 0) is 4.79 Å². The van der Waals surface area contributed by atoms with Crippen molar-refractivity contribution in [3.05, 3.63) is 0 Å². The summed E-state index contributed by atoms with van der Waals surface area (Å²) in [5.41, 5.74) is 0. The zero-order valence-corrected chi connectivity index (χ0v) is 9.96. The van der Waals surface area contributed by atoms with Crippen LogP contribution in [0.5, 0.6) is 0 Å². The summed E-state index contributed by atoms with van der Waals surface area (Å²) < 4.78 is 1.17. The highest BCUT2D eigenvalue weighted by Gasteiger charge is 2.43. The Labute approximate surface area is 92.4 Å². The van der Waals surface area contributed by atoms with Crippen LogP contribution >= 0.6 is 0 Å². The van der Waals surface area contributed by atoms with Crippen molar-refractivity contribution in [1.82, 2.24) is 5.32 Å². The summed E-state index contributed by atoms with van der Waals surface area (Å²) in [6, 6.07) is 0.455. The van der Waals surface area contributed by atoms with Crippen molar-refractivity contribution in [2.75, 3.05) is 26.7 Å². The van der Waals surface area contributed by atoms with Crippen LogP contribution in [0, 0.1) is 5.92 Å². The summed E-state index contributed by atoms with van der Waals surface area (Å²) >= 11 is 0. The lowest BCUT2D eigenvalue weighted by Crippen LogP contribution is -2.65. The van der Waals surface area contributed by atoms with Gasteiger partial charge in [-0.3, -0.25) is 4.79 Å². The minimum atomic E-state index is 0.253. The minimum Gasteiger partial charge on any atom is -0.347 e. The maximum absolute atomic E-state index is 11.6. The number of likely N-dealkylation sites (N-methyl/N-ethyl adjacent to an activating group) is 1. The third-order valence-electron chi connectivity index (χ3n) is 4.11. The fraction of sp³-hybridized carbons (Fsp3) is 0.917. The Morgan fingerprint density at radius 2 is 2.07 bits per heavy atom. The smallest absolute Gasteiger partial charge is 0.220 e. The molecule has 3 aliphatic heterocycles. The second-order valence-corrected chi connectivity index (χ2v) is 5.51. The van der Waals surface area contributed by atoms with E-state index in [4.69, 9.17) is 0 Å². The Bertz CT molecular complexity index is 244. The predicted molar refractivity (Wildman–Crippen MR) is 60.3 cm³/mol. The summed E-state index contributed by atoms with van der Waals surface area (Å²) in [7, 11) is 2.33. The molecular weight excluding hydrogens is 188 g/mol. The summed E-state index contributed by atoms with van der Waals surface area (Å²) in [4.78, 5) is 11.6. The number of fused-ring (bicyclic) bond motifs is 3. The van der Waals surface area contributed by atoms with Gasteiger partial charge in [-0.1, -0.05) is 6.92 Å². The minimum absolute atomic E-state index is 0.253. The molecule has 2 bridgehead atoms. The summed E-state index contributed by atoms with van der Waals surface area (Å²) in [5, 5.41) is 3.22. The molecule has 0 aliphatic carbocycles. The molecule has 3 heteroatoms. The highest BCUT2D eigenvalue weighted by atomic mass is 16.1. The topological polar surface area (TPSA) is 29.1 Å². The number of quaternary nitrogens is 1. The average molecular weight is 211 g/mol. The van der Waals surface area contributed by atoms with E-state index in [0.717, 1.165) is 18.9 Å². The normalized spacial score (nSPS) is 39.1. The molecule has 1 unspecified atom stereocenters. The fourth-order valence-electron chi connectivity index (χ4n) is 3.09. The lowest BCUT2D eigenvalue weighted by molar-refractivity contribution is -0.925. The third kappa shape index (κ3) is 2.33. The average Bonchev–Trinajstić information content (AvgIpc) is 2.18. The Kier molecular flexibility index (Phi) is 3.01. The van der Waals surface area contributed by atoms with Gasteiger partial charge in [0.25, 0.3) is 0 Å². The van der Waals surface area contributed by atoms with Crippen LogP contribution in [0.15, 0.2) is 0 Å². The molecule has 3 rings (SSSR count). The zero-order valence-electron chi connectivity index (χ0n) is 9.96. The van der Waals surface area contributed by atoms with Crippen molar-refractivity contribution < 1.29 is 9.28 Å². The van der Waals surface area contributed by atoms with Crippen LogP contribution in [-0.4, -0.2) is 43.1 Å². The molecular formula is C12H23N2O+. The largest absolute Gasteiger partial charge is 0.347 e. The molecule has 0 saturated carbocycles. The lowest BCUT2D eigenvalue weighted by Gasteiger charge is -2.50. The monoisotopic (exact) mass is 211 g/mol. The zero-order chi connectivity index (χ0) is 10.9.